The third-order valence-corrected chi connectivity index (χ3v) is 2.25. The topological polar surface area (TPSA) is 32.3 Å². The molecule has 2 heteroatoms. The molecule has 1 rings (SSSR count). The van der Waals surface area contributed by atoms with Crippen LogP contribution in [0.2, 0.25) is 0 Å². The molecule has 0 spiro atoms. The van der Waals surface area contributed by atoms with E-state index in [2.05, 4.69) is 12.2 Å². The van der Waals surface area contributed by atoms with Crippen molar-refractivity contribution in [3.8, 4) is 0 Å². The van der Waals surface area contributed by atoms with Gasteiger partial charge in [-0.05, 0) is 45.1 Å². The van der Waals surface area contributed by atoms with Crippen LogP contribution in [0.3, 0.4) is 0 Å². The summed E-state index contributed by atoms with van der Waals surface area (Å²) in [4.78, 5) is 0. The molecule has 0 aromatic carbocycles. The summed E-state index contributed by atoms with van der Waals surface area (Å²) in [6.45, 7) is 3.71. The fourth-order valence-electron chi connectivity index (χ4n) is 1.19. The van der Waals surface area contributed by atoms with Crippen LogP contribution in [0, 0.1) is 5.92 Å². The van der Waals surface area contributed by atoms with Gasteiger partial charge in [-0.25, -0.2) is 0 Å². The lowest BCUT2D eigenvalue weighted by molar-refractivity contribution is 0.276. The minimum Gasteiger partial charge on any atom is -0.396 e. The van der Waals surface area contributed by atoms with Crippen LogP contribution in [-0.4, -0.2) is 24.3 Å². The highest BCUT2D eigenvalue weighted by Crippen LogP contribution is 2.27. The van der Waals surface area contributed by atoms with Crippen molar-refractivity contribution in [2.45, 2.75) is 38.6 Å². The molecule has 0 aromatic heterocycles. The Balaban J connectivity index is 1.87. The molecular formula is C9H19NO. The molecule has 2 N–H and O–H groups in total. The molecule has 0 heterocycles. The van der Waals surface area contributed by atoms with Crippen molar-refractivity contribution in [2.24, 2.45) is 5.92 Å². The van der Waals surface area contributed by atoms with Crippen molar-refractivity contribution in [1.82, 2.24) is 5.32 Å². The first-order valence-electron chi connectivity index (χ1n) is 4.67. The highest BCUT2D eigenvalue weighted by molar-refractivity contribution is 4.76. The molecule has 0 saturated heterocycles. The summed E-state index contributed by atoms with van der Waals surface area (Å²) >= 11 is 0. The Kier molecular flexibility index (Phi) is 3.87. The van der Waals surface area contributed by atoms with Crippen LogP contribution in [0.25, 0.3) is 0 Å². The van der Waals surface area contributed by atoms with Crippen LogP contribution < -0.4 is 5.32 Å². The van der Waals surface area contributed by atoms with E-state index < -0.39 is 0 Å². The molecule has 0 aromatic rings. The lowest BCUT2D eigenvalue weighted by Gasteiger charge is -2.11. The number of nitrogens with one attached hydrogen (secondary N) is 1. The summed E-state index contributed by atoms with van der Waals surface area (Å²) in [6, 6.07) is 0.586. The van der Waals surface area contributed by atoms with Gasteiger partial charge < -0.3 is 10.4 Å². The van der Waals surface area contributed by atoms with E-state index in [1.807, 2.05) is 0 Å². The molecular weight excluding hydrogens is 138 g/mol. The average Bonchev–Trinajstić information content (AvgIpc) is 2.80. The minimum atomic E-state index is 0.329. The zero-order valence-corrected chi connectivity index (χ0v) is 7.34. The van der Waals surface area contributed by atoms with E-state index in [4.69, 9.17) is 5.11 Å². The van der Waals surface area contributed by atoms with Gasteiger partial charge in [0.1, 0.15) is 0 Å². The molecule has 2 nitrogen and oxygen atoms in total. The highest BCUT2D eigenvalue weighted by atomic mass is 16.2. The zero-order valence-electron chi connectivity index (χ0n) is 7.34. The van der Waals surface area contributed by atoms with E-state index in [9.17, 15) is 0 Å². The maximum atomic E-state index is 8.58. The van der Waals surface area contributed by atoms with E-state index in [-0.39, 0.29) is 0 Å². The Morgan fingerprint density at radius 3 is 2.82 bits per heavy atom. The lowest BCUT2D eigenvalue weighted by Crippen LogP contribution is -2.28. The van der Waals surface area contributed by atoms with Crippen LogP contribution in [0.5, 0.6) is 0 Å². The van der Waals surface area contributed by atoms with E-state index in [1.165, 1.54) is 19.4 Å². The Labute approximate surface area is 69.0 Å². The summed E-state index contributed by atoms with van der Waals surface area (Å²) in [5.41, 5.74) is 0. The second-order valence-corrected chi connectivity index (χ2v) is 3.62. The smallest absolute Gasteiger partial charge is 0.0431 e. The van der Waals surface area contributed by atoms with E-state index >= 15 is 0 Å². The SMILES string of the molecule is CC(CCCO)NCC1CC1. The van der Waals surface area contributed by atoms with Gasteiger partial charge in [0.2, 0.25) is 0 Å². The van der Waals surface area contributed by atoms with Crippen molar-refractivity contribution in [3.05, 3.63) is 0 Å². The summed E-state index contributed by atoms with van der Waals surface area (Å²) in [7, 11) is 0. The molecule has 66 valence electrons. The normalized spacial score (nSPS) is 20.2. The maximum Gasteiger partial charge on any atom is 0.0431 e. The first-order valence-corrected chi connectivity index (χ1v) is 4.67. The molecule has 1 unspecified atom stereocenters. The number of hydrogen-bond donors (Lipinski definition) is 2. The van der Waals surface area contributed by atoms with Crippen LogP contribution in [-0.2, 0) is 0 Å². The average molecular weight is 157 g/mol. The second-order valence-electron chi connectivity index (χ2n) is 3.62. The van der Waals surface area contributed by atoms with Crippen molar-refractivity contribution in [3.63, 3.8) is 0 Å². The molecule has 0 bridgehead atoms. The zero-order chi connectivity index (χ0) is 8.10. The van der Waals surface area contributed by atoms with Gasteiger partial charge in [0.15, 0.2) is 0 Å². The van der Waals surface area contributed by atoms with Crippen molar-refractivity contribution in [2.75, 3.05) is 13.2 Å². The molecule has 11 heavy (non-hydrogen) atoms. The molecule has 1 fully saturated rings. The van der Waals surface area contributed by atoms with Crippen molar-refractivity contribution in [1.29, 1.82) is 0 Å². The van der Waals surface area contributed by atoms with Crippen LogP contribution in [0.15, 0.2) is 0 Å². The molecule has 0 radical (unpaired) electrons. The third-order valence-electron chi connectivity index (χ3n) is 2.25. The fraction of sp³-hybridized carbons (Fsp3) is 1.00. The van der Waals surface area contributed by atoms with Crippen molar-refractivity contribution >= 4 is 0 Å². The standard InChI is InChI=1S/C9H19NO/c1-8(3-2-6-11)10-7-9-4-5-9/h8-11H,2-7H2,1H3. The lowest BCUT2D eigenvalue weighted by atomic mass is 10.2. The number of hydrogen-bond acceptors (Lipinski definition) is 2. The number of aliphatic hydroxyl groups is 1. The number of aliphatic hydroxyl groups excluding tert-OH is 1. The van der Waals surface area contributed by atoms with Gasteiger partial charge in [0, 0.05) is 12.6 Å². The Morgan fingerprint density at radius 2 is 2.27 bits per heavy atom. The van der Waals surface area contributed by atoms with Gasteiger partial charge in [-0.15, -0.1) is 0 Å². The van der Waals surface area contributed by atoms with Crippen LogP contribution in [0.4, 0.5) is 0 Å². The van der Waals surface area contributed by atoms with Crippen molar-refractivity contribution < 1.29 is 5.11 Å². The predicted octanol–water partition coefficient (Wildman–Crippen LogP) is 1.15. The Bertz CT molecular complexity index is 102. The fourth-order valence-corrected chi connectivity index (χ4v) is 1.19. The van der Waals surface area contributed by atoms with Crippen LogP contribution in [0.1, 0.15) is 32.6 Å². The summed E-state index contributed by atoms with van der Waals surface area (Å²) in [5, 5.41) is 12.0. The van der Waals surface area contributed by atoms with Gasteiger partial charge in [-0.1, -0.05) is 0 Å². The Hall–Kier alpha value is -0.0800. The largest absolute Gasteiger partial charge is 0.396 e. The van der Waals surface area contributed by atoms with E-state index in [0.717, 1.165) is 18.8 Å². The van der Waals surface area contributed by atoms with E-state index in [1.54, 1.807) is 0 Å². The first-order chi connectivity index (χ1) is 5.33. The summed E-state index contributed by atoms with van der Waals surface area (Å²) < 4.78 is 0. The maximum absolute atomic E-state index is 8.58. The predicted molar refractivity (Wildman–Crippen MR) is 46.5 cm³/mol. The second kappa shape index (κ2) is 4.73. The minimum absolute atomic E-state index is 0.329. The summed E-state index contributed by atoms with van der Waals surface area (Å²) in [5.74, 6) is 0.964. The van der Waals surface area contributed by atoms with Gasteiger partial charge >= 0.3 is 0 Å². The Morgan fingerprint density at radius 1 is 1.55 bits per heavy atom. The van der Waals surface area contributed by atoms with Crippen LogP contribution >= 0.6 is 0 Å². The molecule has 0 amide bonds. The molecule has 1 saturated carbocycles. The monoisotopic (exact) mass is 157 g/mol. The first kappa shape index (κ1) is 9.01. The quantitative estimate of drug-likeness (QED) is 0.606. The van der Waals surface area contributed by atoms with Gasteiger partial charge in [0.05, 0.1) is 0 Å². The number of rotatable bonds is 6. The van der Waals surface area contributed by atoms with E-state index in [0.29, 0.717) is 12.6 Å². The molecule has 1 atom stereocenters. The molecule has 1 aliphatic rings. The molecule has 0 aliphatic heterocycles. The van der Waals surface area contributed by atoms with Gasteiger partial charge in [-0.3, -0.25) is 0 Å². The third kappa shape index (κ3) is 4.38. The molecule has 1 aliphatic carbocycles. The van der Waals surface area contributed by atoms with Gasteiger partial charge in [-0.2, -0.15) is 0 Å². The highest BCUT2D eigenvalue weighted by Gasteiger charge is 2.20. The summed E-state index contributed by atoms with van der Waals surface area (Å²) in [6.07, 6.45) is 4.86. The van der Waals surface area contributed by atoms with Gasteiger partial charge in [0.25, 0.3) is 0 Å².